The van der Waals surface area contributed by atoms with Gasteiger partial charge in [-0.3, -0.25) is 15.2 Å². The van der Waals surface area contributed by atoms with Crippen molar-refractivity contribution >= 4 is 5.91 Å². The number of nitrogens with zero attached hydrogens (tertiary/aromatic N) is 2. The molecule has 4 N–H and O–H groups in total. The van der Waals surface area contributed by atoms with Gasteiger partial charge in [0.15, 0.2) is 0 Å². The van der Waals surface area contributed by atoms with Gasteiger partial charge in [0.1, 0.15) is 11.4 Å². The quantitative estimate of drug-likeness (QED) is 0.395. The first kappa shape index (κ1) is 11.0. The first-order chi connectivity index (χ1) is 8.20. The van der Waals surface area contributed by atoms with E-state index in [1.807, 2.05) is 5.43 Å². The van der Waals surface area contributed by atoms with Crippen LogP contribution in [0, 0.1) is 0 Å². The third kappa shape index (κ3) is 2.37. The lowest BCUT2D eigenvalue weighted by Crippen LogP contribution is -2.30. The summed E-state index contributed by atoms with van der Waals surface area (Å²) in [6, 6.07) is 6.44. The predicted octanol–water partition coefficient (Wildman–Crippen LogP) is 0.453. The van der Waals surface area contributed by atoms with Crippen molar-refractivity contribution in [3.05, 3.63) is 42.4 Å². The van der Waals surface area contributed by atoms with Gasteiger partial charge in [0.05, 0.1) is 18.1 Å². The molecule has 0 unspecified atom stereocenters. The SMILES string of the molecule is NNC(=O)c1cncc(-c2ccc(O)cc2)n1. The van der Waals surface area contributed by atoms with Crippen LogP contribution in [-0.2, 0) is 0 Å². The molecular formula is C11H10N4O2. The van der Waals surface area contributed by atoms with E-state index in [1.165, 1.54) is 24.5 Å². The second-order valence-electron chi connectivity index (χ2n) is 3.31. The molecule has 0 saturated carbocycles. The molecule has 1 heterocycles. The highest BCUT2D eigenvalue weighted by Crippen LogP contribution is 2.19. The standard InChI is InChI=1S/C11H10N4O2/c12-15-11(17)10-6-13-5-9(14-10)7-1-3-8(16)4-2-7/h1-6,16H,12H2,(H,15,17). The number of nitrogens with two attached hydrogens (primary N) is 1. The van der Waals surface area contributed by atoms with Crippen LogP contribution in [-0.4, -0.2) is 21.0 Å². The minimum atomic E-state index is -0.502. The van der Waals surface area contributed by atoms with Crippen molar-refractivity contribution < 1.29 is 9.90 Å². The highest BCUT2D eigenvalue weighted by molar-refractivity contribution is 5.91. The van der Waals surface area contributed by atoms with E-state index in [0.29, 0.717) is 5.69 Å². The lowest BCUT2D eigenvalue weighted by Gasteiger charge is -2.03. The van der Waals surface area contributed by atoms with Crippen LogP contribution in [0.2, 0.25) is 0 Å². The molecule has 2 rings (SSSR count). The van der Waals surface area contributed by atoms with Crippen LogP contribution in [0.5, 0.6) is 5.75 Å². The molecule has 0 radical (unpaired) electrons. The predicted molar refractivity (Wildman–Crippen MR) is 60.8 cm³/mol. The van der Waals surface area contributed by atoms with E-state index < -0.39 is 5.91 Å². The number of hydrogen-bond donors (Lipinski definition) is 3. The van der Waals surface area contributed by atoms with E-state index in [4.69, 9.17) is 10.9 Å². The average Bonchev–Trinajstić information content (AvgIpc) is 2.39. The second kappa shape index (κ2) is 4.58. The van der Waals surface area contributed by atoms with Gasteiger partial charge in [-0.1, -0.05) is 0 Å². The van der Waals surface area contributed by atoms with E-state index in [9.17, 15) is 4.79 Å². The Labute approximate surface area is 97.1 Å². The molecule has 6 nitrogen and oxygen atoms in total. The molecule has 1 aromatic carbocycles. The average molecular weight is 230 g/mol. The van der Waals surface area contributed by atoms with Crippen molar-refractivity contribution in [3.63, 3.8) is 0 Å². The maximum absolute atomic E-state index is 11.3. The molecule has 1 aromatic heterocycles. The first-order valence-electron chi connectivity index (χ1n) is 4.83. The zero-order valence-electron chi connectivity index (χ0n) is 8.79. The number of amides is 1. The molecule has 0 bridgehead atoms. The number of phenols is 1. The van der Waals surface area contributed by atoms with E-state index in [2.05, 4.69) is 9.97 Å². The molecule has 0 aliphatic rings. The third-order valence-corrected chi connectivity index (χ3v) is 2.16. The van der Waals surface area contributed by atoms with Crippen molar-refractivity contribution in [3.8, 4) is 17.0 Å². The minimum Gasteiger partial charge on any atom is -0.508 e. The lowest BCUT2D eigenvalue weighted by atomic mass is 10.1. The number of nitrogens with one attached hydrogen (secondary N) is 1. The van der Waals surface area contributed by atoms with Gasteiger partial charge < -0.3 is 5.11 Å². The molecule has 0 aliphatic carbocycles. The van der Waals surface area contributed by atoms with Gasteiger partial charge in [0.2, 0.25) is 0 Å². The molecular weight excluding hydrogens is 220 g/mol. The minimum absolute atomic E-state index is 0.137. The maximum atomic E-state index is 11.3. The fraction of sp³-hybridized carbons (Fsp3) is 0. The van der Waals surface area contributed by atoms with Crippen LogP contribution >= 0.6 is 0 Å². The van der Waals surface area contributed by atoms with Crippen molar-refractivity contribution in [1.82, 2.24) is 15.4 Å². The summed E-state index contributed by atoms with van der Waals surface area (Å²) < 4.78 is 0. The van der Waals surface area contributed by atoms with E-state index in [1.54, 1.807) is 12.1 Å². The van der Waals surface area contributed by atoms with Crippen molar-refractivity contribution in [1.29, 1.82) is 0 Å². The molecule has 2 aromatic rings. The normalized spacial score (nSPS) is 9.94. The number of nitrogen functional groups attached to an aromatic ring is 1. The summed E-state index contributed by atoms with van der Waals surface area (Å²) in [5.41, 5.74) is 3.41. The van der Waals surface area contributed by atoms with Gasteiger partial charge in [-0.15, -0.1) is 0 Å². The number of hydrogen-bond acceptors (Lipinski definition) is 5. The number of hydrazine groups is 1. The van der Waals surface area contributed by atoms with Crippen molar-refractivity contribution in [2.45, 2.75) is 0 Å². The summed E-state index contributed by atoms with van der Waals surface area (Å²) in [4.78, 5) is 19.3. The van der Waals surface area contributed by atoms with Crippen molar-refractivity contribution in [2.24, 2.45) is 5.84 Å². The molecule has 6 heteroatoms. The Morgan fingerprint density at radius 2 is 1.94 bits per heavy atom. The van der Waals surface area contributed by atoms with Crippen LogP contribution < -0.4 is 11.3 Å². The van der Waals surface area contributed by atoms with E-state index in [0.717, 1.165) is 5.56 Å². The van der Waals surface area contributed by atoms with Crippen LogP contribution in [0.1, 0.15) is 10.5 Å². The summed E-state index contributed by atoms with van der Waals surface area (Å²) in [7, 11) is 0. The number of aromatic hydroxyl groups is 1. The van der Waals surface area contributed by atoms with Crippen LogP contribution in [0.25, 0.3) is 11.3 Å². The molecule has 0 spiro atoms. The Morgan fingerprint density at radius 3 is 2.59 bits per heavy atom. The Bertz CT molecular complexity index is 539. The Balaban J connectivity index is 2.39. The fourth-order valence-electron chi connectivity index (χ4n) is 1.32. The molecule has 0 aliphatic heterocycles. The van der Waals surface area contributed by atoms with Gasteiger partial charge in [-0.25, -0.2) is 10.8 Å². The summed E-state index contributed by atoms with van der Waals surface area (Å²) in [6.07, 6.45) is 2.85. The van der Waals surface area contributed by atoms with E-state index >= 15 is 0 Å². The Hall–Kier alpha value is -2.47. The Kier molecular flexibility index (Phi) is 2.97. The zero-order chi connectivity index (χ0) is 12.3. The highest BCUT2D eigenvalue weighted by atomic mass is 16.3. The lowest BCUT2D eigenvalue weighted by molar-refractivity contribution is 0.0948. The molecule has 0 atom stereocenters. The van der Waals surface area contributed by atoms with Gasteiger partial charge in [0.25, 0.3) is 5.91 Å². The smallest absolute Gasteiger partial charge is 0.285 e. The zero-order valence-corrected chi connectivity index (χ0v) is 8.79. The molecule has 0 fully saturated rings. The Morgan fingerprint density at radius 1 is 1.24 bits per heavy atom. The number of phenolic OH excluding ortho intramolecular Hbond substituents is 1. The summed E-state index contributed by atoms with van der Waals surface area (Å²) in [5.74, 6) is 4.67. The maximum Gasteiger partial charge on any atom is 0.285 e. The largest absolute Gasteiger partial charge is 0.508 e. The summed E-state index contributed by atoms with van der Waals surface area (Å²) in [5, 5.41) is 9.17. The number of aromatic nitrogens is 2. The fourth-order valence-corrected chi connectivity index (χ4v) is 1.32. The summed E-state index contributed by atoms with van der Waals surface area (Å²) in [6.45, 7) is 0. The monoisotopic (exact) mass is 230 g/mol. The van der Waals surface area contributed by atoms with Crippen LogP contribution in [0.3, 0.4) is 0 Å². The van der Waals surface area contributed by atoms with Crippen LogP contribution in [0.4, 0.5) is 0 Å². The second-order valence-corrected chi connectivity index (χ2v) is 3.31. The topological polar surface area (TPSA) is 101 Å². The molecule has 0 saturated heterocycles. The molecule has 86 valence electrons. The number of carbonyl (C=O) groups excluding carboxylic acids is 1. The summed E-state index contributed by atoms with van der Waals surface area (Å²) >= 11 is 0. The number of benzene rings is 1. The molecule has 17 heavy (non-hydrogen) atoms. The number of rotatable bonds is 2. The molecule has 1 amide bonds. The third-order valence-electron chi connectivity index (χ3n) is 2.16. The highest BCUT2D eigenvalue weighted by Gasteiger charge is 2.07. The van der Waals surface area contributed by atoms with Crippen molar-refractivity contribution in [2.75, 3.05) is 0 Å². The van der Waals surface area contributed by atoms with Gasteiger partial charge in [0, 0.05) is 5.56 Å². The van der Waals surface area contributed by atoms with Gasteiger partial charge >= 0.3 is 0 Å². The first-order valence-corrected chi connectivity index (χ1v) is 4.83. The number of carbonyl (C=O) groups is 1. The van der Waals surface area contributed by atoms with E-state index in [-0.39, 0.29) is 11.4 Å². The van der Waals surface area contributed by atoms with Gasteiger partial charge in [-0.05, 0) is 24.3 Å². The van der Waals surface area contributed by atoms with Crippen LogP contribution in [0.15, 0.2) is 36.7 Å². The van der Waals surface area contributed by atoms with Gasteiger partial charge in [-0.2, -0.15) is 0 Å².